The number of para-hydroxylation sites is 1. The zero-order chi connectivity index (χ0) is 20.0. The number of hydrogen-bond acceptors (Lipinski definition) is 2. The first-order chi connectivity index (χ1) is 12.7. The molecule has 2 rings (SSSR count). The van der Waals surface area contributed by atoms with E-state index in [1.165, 1.54) is 24.0 Å². The van der Waals surface area contributed by atoms with Gasteiger partial charge in [-0.2, -0.15) is 13.2 Å². The summed E-state index contributed by atoms with van der Waals surface area (Å²) in [5.74, 6) is -0.745. The molecule has 0 unspecified atom stereocenters. The van der Waals surface area contributed by atoms with E-state index in [1.54, 1.807) is 12.1 Å². The minimum Gasteiger partial charge on any atom is -0.326 e. The Kier molecular flexibility index (Phi) is 6.60. The number of alkyl halides is 3. The van der Waals surface area contributed by atoms with Crippen molar-refractivity contribution in [1.82, 2.24) is 0 Å². The fourth-order valence-corrected chi connectivity index (χ4v) is 2.70. The van der Waals surface area contributed by atoms with E-state index >= 15 is 0 Å². The molecular formula is C20H21F3N2O2. The number of hydrogen-bond donors (Lipinski definition) is 1. The minimum absolute atomic E-state index is 0.0171. The number of aryl methyl sites for hydroxylation is 1. The van der Waals surface area contributed by atoms with Gasteiger partial charge in [0.25, 0.3) is 0 Å². The largest absolute Gasteiger partial charge is 0.416 e. The second-order valence-electron chi connectivity index (χ2n) is 6.03. The normalized spacial score (nSPS) is 11.1. The van der Waals surface area contributed by atoms with Gasteiger partial charge >= 0.3 is 6.18 Å². The van der Waals surface area contributed by atoms with Crippen LogP contribution in [-0.2, 0) is 22.2 Å². The highest BCUT2D eigenvalue weighted by molar-refractivity contribution is 5.95. The molecule has 2 aromatic carbocycles. The van der Waals surface area contributed by atoms with Crippen LogP contribution in [0.1, 0.15) is 31.4 Å². The van der Waals surface area contributed by atoms with E-state index in [0.717, 1.165) is 24.1 Å². The molecule has 0 saturated carbocycles. The zero-order valence-corrected chi connectivity index (χ0v) is 15.1. The van der Waals surface area contributed by atoms with Crippen molar-refractivity contribution in [1.29, 1.82) is 0 Å². The molecule has 0 aliphatic carbocycles. The quantitative estimate of drug-likeness (QED) is 0.796. The molecule has 1 N–H and O–H groups in total. The van der Waals surface area contributed by atoms with Gasteiger partial charge in [-0.05, 0) is 36.2 Å². The van der Waals surface area contributed by atoms with E-state index < -0.39 is 17.6 Å². The number of anilines is 2. The van der Waals surface area contributed by atoms with Crippen molar-refractivity contribution in [2.24, 2.45) is 0 Å². The van der Waals surface area contributed by atoms with Gasteiger partial charge in [-0.25, -0.2) is 0 Å². The summed E-state index contributed by atoms with van der Waals surface area (Å²) in [7, 11) is 0. The average Bonchev–Trinajstić information content (AvgIpc) is 2.61. The number of carbonyl (C=O) groups excluding carboxylic acids is 2. The molecule has 4 nitrogen and oxygen atoms in total. The van der Waals surface area contributed by atoms with Gasteiger partial charge in [0.15, 0.2) is 0 Å². The fraction of sp³-hybridized carbons (Fsp3) is 0.300. The summed E-state index contributed by atoms with van der Waals surface area (Å²) in [6.07, 6.45) is -3.78. The van der Waals surface area contributed by atoms with Crippen LogP contribution >= 0.6 is 0 Å². The van der Waals surface area contributed by atoms with Crippen molar-refractivity contribution in [2.45, 2.75) is 32.9 Å². The Morgan fingerprint density at radius 3 is 2.41 bits per heavy atom. The number of nitrogens with one attached hydrogen (secondary N) is 1. The summed E-state index contributed by atoms with van der Waals surface area (Å²) in [6.45, 7) is 3.21. The minimum atomic E-state index is -4.50. The molecule has 144 valence electrons. The van der Waals surface area contributed by atoms with Crippen LogP contribution < -0.4 is 10.2 Å². The maximum atomic E-state index is 12.9. The lowest BCUT2D eigenvalue weighted by atomic mass is 10.1. The highest BCUT2D eigenvalue weighted by atomic mass is 19.4. The van der Waals surface area contributed by atoms with Gasteiger partial charge in [-0.3, -0.25) is 9.59 Å². The van der Waals surface area contributed by atoms with E-state index in [9.17, 15) is 22.8 Å². The Morgan fingerprint density at radius 1 is 1.07 bits per heavy atom. The van der Waals surface area contributed by atoms with Gasteiger partial charge in [0.2, 0.25) is 11.8 Å². The van der Waals surface area contributed by atoms with Crippen LogP contribution in [0.15, 0.2) is 48.5 Å². The summed E-state index contributed by atoms with van der Waals surface area (Å²) < 4.78 is 38.7. The van der Waals surface area contributed by atoms with Crippen molar-refractivity contribution in [3.63, 3.8) is 0 Å². The van der Waals surface area contributed by atoms with Gasteiger partial charge in [0.1, 0.15) is 0 Å². The van der Waals surface area contributed by atoms with Crippen molar-refractivity contribution in [2.75, 3.05) is 16.8 Å². The first-order valence-corrected chi connectivity index (χ1v) is 8.55. The SMILES string of the molecule is CCc1ccccc1NC(=O)CCN(C(C)=O)c1cccc(C(F)(F)F)c1. The van der Waals surface area contributed by atoms with Gasteiger partial charge in [0, 0.05) is 31.3 Å². The number of halogens is 3. The van der Waals surface area contributed by atoms with Crippen molar-refractivity contribution in [3.05, 3.63) is 59.7 Å². The Balaban J connectivity index is 2.09. The lowest BCUT2D eigenvalue weighted by Gasteiger charge is -2.22. The zero-order valence-electron chi connectivity index (χ0n) is 15.1. The van der Waals surface area contributed by atoms with E-state index in [0.29, 0.717) is 5.69 Å². The summed E-state index contributed by atoms with van der Waals surface area (Å²) in [5, 5.41) is 2.79. The number of rotatable bonds is 6. The highest BCUT2D eigenvalue weighted by Gasteiger charge is 2.31. The third-order valence-electron chi connectivity index (χ3n) is 4.10. The van der Waals surface area contributed by atoms with Crippen molar-refractivity contribution < 1.29 is 22.8 Å². The summed E-state index contributed by atoms with van der Waals surface area (Å²) in [6, 6.07) is 11.9. The fourth-order valence-electron chi connectivity index (χ4n) is 2.70. The highest BCUT2D eigenvalue weighted by Crippen LogP contribution is 2.31. The standard InChI is InChI=1S/C20H21F3N2O2/c1-3-15-7-4-5-10-18(15)24-19(27)11-12-25(14(2)26)17-9-6-8-16(13-17)20(21,22)23/h4-10,13H,3,11-12H2,1-2H3,(H,24,27). The topological polar surface area (TPSA) is 49.4 Å². The van der Waals surface area contributed by atoms with Crippen LogP contribution in [-0.4, -0.2) is 18.4 Å². The molecule has 2 aromatic rings. The molecule has 0 aliphatic rings. The maximum Gasteiger partial charge on any atom is 0.416 e. The third-order valence-corrected chi connectivity index (χ3v) is 4.10. The van der Waals surface area contributed by atoms with Gasteiger partial charge in [-0.15, -0.1) is 0 Å². The van der Waals surface area contributed by atoms with Crippen LogP contribution in [0.3, 0.4) is 0 Å². The van der Waals surface area contributed by atoms with Crippen LogP contribution in [0.5, 0.6) is 0 Å². The molecule has 2 amide bonds. The summed E-state index contributed by atoms with van der Waals surface area (Å²) in [4.78, 5) is 25.3. The predicted molar refractivity (Wildman–Crippen MR) is 98.5 cm³/mol. The molecule has 0 saturated heterocycles. The summed E-state index contributed by atoms with van der Waals surface area (Å²) >= 11 is 0. The molecule has 0 spiro atoms. The van der Waals surface area contributed by atoms with E-state index in [-0.39, 0.29) is 24.6 Å². The van der Waals surface area contributed by atoms with Gasteiger partial charge in [0.05, 0.1) is 5.56 Å². The number of nitrogens with zero attached hydrogens (tertiary/aromatic N) is 1. The van der Waals surface area contributed by atoms with E-state index in [1.807, 2.05) is 19.1 Å². The Bertz CT molecular complexity index is 819. The van der Waals surface area contributed by atoms with Gasteiger partial charge in [-0.1, -0.05) is 31.2 Å². The molecular weight excluding hydrogens is 357 g/mol. The lowest BCUT2D eigenvalue weighted by molar-refractivity contribution is -0.137. The molecule has 0 fully saturated rings. The first kappa shape index (κ1) is 20.5. The molecule has 27 heavy (non-hydrogen) atoms. The van der Waals surface area contributed by atoms with Crippen LogP contribution in [0.25, 0.3) is 0 Å². The monoisotopic (exact) mass is 378 g/mol. The van der Waals surface area contributed by atoms with E-state index in [4.69, 9.17) is 0 Å². The average molecular weight is 378 g/mol. The van der Waals surface area contributed by atoms with Crippen molar-refractivity contribution >= 4 is 23.2 Å². The Morgan fingerprint density at radius 2 is 1.78 bits per heavy atom. The molecule has 0 aliphatic heterocycles. The third kappa shape index (κ3) is 5.57. The predicted octanol–water partition coefficient (Wildman–Crippen LogP) is 4.65. The second-order valence-corrected chi connectivity index (χ2v) is 6.03. The summed E-state index contributed by atoms with van der Waals surface area (Å²) in [5.41, 5.74) is 0.942. The smallest absolute Gasteiger partial charge is 0.326 e. The van der Waals surface area contributed by atoms with Gasteiger partial charge < -0.3 is 10.2 Å². The molecule has 0 bridgehead atoms. The second kappa shape index (κ2) is 8.70. The lowest BCUT2D eigenvalue weighted by Crippen LogP contribution is -2.32. The maximum absolute atomic E-state index is 12.9. The molecule has 0 aromatic heterocycles. The molecule has 0 atom stereocenters. The molecule has 0 radical (unpaired) electrons. The molecule has 7 heteroatoms. The van der Waals surface area contributed by atoms with Crippen molar-refractivity contribution in [3.8, 4) is 0 Å². The van der Waals surface area contributed by atoms with Crippen LogP contribution in [0.2, 0.25) is 0 Å². The number of carbonyl (C=O) groups is 2. The number of amides is 2. The number of benzene rings is 2. The van der Waals surface area contributed by atoms with E-state index in [2.05, 4.69) is 5.32 Å². The Hall–Kier alpha value is -2.83. The van der Waals surface area contributed by atoms with Crippen LogP contribution in [0.4, 0.5) is 24.5 Å². The van der Waals surface area contributed by atoms with Crippen LogP contribution in [0, 0.1) is 0 Å². The Labute approximate surface area is 156 Å². The first-order valence-electron chi connectivity index (χ1n) is 8.55. The molecule has 0 heterocycles.